The molecule has 5 rings (SSSR count). The lowest BCUT2D eigenvalue weighted by Gasteiger charge is -2.28. The number of thiophene rings is 1. The molecule has 5 heteroatoms. The van der Waals surface area contributed by atoms with Gasteiger partial charge in [0, 0.05) is 36.5 Å². The highest BCUT2D eigenvalue weighted by Crippen LogP contribution is 2.43. The Hall–Kier alpha value is -1.43. The summed E-state index contributed by atoms with van der Waals surface area (Å²) in [5.41, 5.74) is 5.54. The molecule has 0 radical (unpaired) electrons. The average molecular weight is 302 g/mol. The summed E-state index contributed by atoms with van der Waals surface area (Å²) in [6, 6.07) is 3.89. The highest BCUT2D eigenvalue weighted by Gasteiger charge is 2.35. The molecule has 0 aromatic carbocycles. The molecule has 0 spiro atoms. The first-order chi connectivity index (χ1) is 10.4. The minimum atomic E-state index is 0.393. The zero-order chi connectivity index (χ0) is 14.2. The molecule has 2 aromatic heterocycles. The quantitative estimate of drug-likeness (QED) is 0.885. The Balaban J connectivity index is 1.79. The van der Waals surface area contributed by atoms with Crippen LogP contribution in [0.25, 0.3) is 10.6 Å². The maximum Gasteiger partial charge on any atom is 0.151 e. The van der Waals surface area contributed by atoms with Crippen molar-refractivity contribution in [3.63, 3.8) is 0 Å². The van der Waals surface area contributed by atoms with Crippen LogP contribution in [-0.4, -0.2) is 30.9 Å². The number of carbonyl (C=O) groups is 1. The molecule has 3 aliphatic rings. The second kappa shape index (κ2) is 5.40. The van der Waals surface area contributed by atoms with Gasteiger partial charge in [0.1, 0.15) is 5.76 Å². The van der Waals surface area contributed by atoms with Gasteiger partial charge in [-0.25, -0.2) is 5.01 Å². The first-order valence-corrected chi connectivity index (χ1v) is 8.33. The van der Waals surface area contributed by atoms with Crippen LogP contribution >= 0.6 is 11.3 Å². The third-order valence-corrected chi connectivity index (χ3v) is 5.77. The second-order valence-electron chi connectivity index (χ2n) is 5.82. The normalized spacial score (nSPS) is 28.5. The van der Waals surface area contributed by atoms with Crippen LogP contribution in [0.1, 0.15) is 34.7 Å². The van der Waals surface area contributed by atoms with Crippen molar-refractivity contribution < 1.29 is 9.21 Å². The molecule has 3 aliphatic heterocycles. The molecule has 0 amide bonds. The molecular formula is C16H18N2O2S. The van der Waals surface area contributed by atoms with Crippen molar-refractivity contribution in [2.24, 2.45) is 5.92 Å². The van der Waals surface area contributed by atoms with Crippen molar-refractivity contribution in [3.05, 3.63) is 34.9 Å². The van der Waals surface area contributed by atoms with Crippen LogP contribution in [0.3, 0.4) is 0 Å². The third-order valence-electron chi connectivity index (χ3n) is 4.75. The Labute approximate surface area is 127 Å². The van der Waals surface area contributed by atoms with E-state index in [1.165, 1.54) is 18.4 Å². The van der Waals surface area contributed by atoms with E-state index in [9.17, 15) is 4.79 Å². The fourth-order valence-corrected chi connectivity index (χ4v) is 4.70. The van der Waals surface area contributed by atoms with Gasteiger partial charge in [0.05, 0.1) is 11.1 Å². The van der Waals surface area contributed by atoms with Crippen molar-refractivity contribution in [2.75, 3.05) is 19.6 Å². The Kier molecular flexibility index (Phi) is 3.41. The third kappa shape index (κ3) is 2.25. The smallest absolute Gasteiger partial charge is 0.151 e. The van der Waals surface area contributed by atoms with Crippen molar-refractivity contribution in [2.45, 2.75) is 18.8 Å². The molecule has 5 heterocycles. The number of hydrogen-bond donors (Lipinski definition) is 1. The summed E-state index contributed by atoms with van der Waals surface area (Å²) in [5.74, 6) is 1.92. The maximum absolute atomic E-state index is 11.5. The molecule has 2 bridgehead atoms. The van der Waals surface area contributed by atoms with E-state index in [1.807, 2.05) is 17.5 Å². The van der Waals surface area contributed by atoms with Gasteiger partial charge < -0.3 is 4.42 Å². The Bertz CT molecular complexity index is 627. The first-order valence-electron chi connectivity index (χ1n) is 7.45. The zero-order valence-corrected chi connectivity index (χ0v) is 12.6. The minimum absolute atomic E-state index is 0.393. The summed E-state index contributed by atoms with van der Waals surface area (Å²) >= 11 is 1.62. The van der Waals surface area contributed by atoms with E-state index in [4.69, 9.17) is 4.42 Å². The molecule has 1 N–H and O–H groups in total. The Morgan fingerprint density at radius 2 is 2.24 bits per heavy atom. The predicted octanol–water partition coefficient (Wildman–Crippen LogP) is 3.13. The molecule has 3 fully saturated rings. The van der Waals surface area contributed by atoms with Gasteiger partial charge in [-0.1, -0.05) is 0 Å². The standard InChI is InChI=1S/C16H18N2O2S/c19-9-12-10-21-16(14-2-1-7-20-14)15(12)13-8-17-18-5-3-11(13)4-6-18/h1-2,7,9-11,13,17H,3-6,8H2. The largest absolute Gasteiger partial charge is 0.464 e. The van der Waals surface area contributed by atoms with Crippen molar-refractivity contribution in [3.8, 4) is 10.6 Å². The zero-order valence-electron chi connectivity index (χ0n) is 11.7. The van der Waals surface area contributed by atoms with Gasteiger partial charge in [0.15, 0.2) is 6.29 Å². The SMILES string of the molecule is O=Cc1csc(-c2ccco2)c1C1CNN2CCC1CC2. The summed E-state index contributed by atoms with van der Waals surface area (Å²) in [7, 11) is 0. The number of hydrazine groups is 1. The van der Waals surface area contributed by atoms with Crippen LogP contribution in [0.2, 0.25) is 0 Å². The van der Waals surface area contributed by atoms with E-state index in [0.29, 0.717) is 11.8 Å². The molecule has 21 heavy (non-hydrogen) atoms. The predicted molar refractivity (Wildman–Crippen MR) is 82.4 cm³/mol. The number of aldehydes is 1. The molecular weight excluding hydrogens is 284 g/mol. The van der Waals surface area contributed by atoms with E-state index in [0.717, 1.165) is 42.1 Å². The summed E-state index contributed by atoms with van der Waals surface area (Å²) in [6.07, 6.45) is 5.09. The van der Waals surface area contributed by atoms with Crippen LogP contribution in [0.15, 0.2) is 28.2 Å². The molecule has 110 valence electrons. The number of nitrogens with one attached hydrogen (secondary N) is 1. The Morgan fingerprint density at radius 1 is 1.38 bits per heavy atom. The Morgan fingerprint density at radius 3 is 2.95 bits per heavy atom. The van der Waals surface area contributed by atoms with Crippen molar-refractivity contribution in [1.29, 1.82) is 0 Å². The van der Waals surface area contributed by atoms with E-state index in [2.05, 4.69) is 10.4 Å². The van der Waals surface area contributed by atoms with Gasteiger partial charge in [-0.15, -0.1) is 11.3 Å². The van der Waals surface area contributed by atoms with E-state index in [-0.39, 0.29) is 0 Å². The fraction of sp³-hybridized carbons (Fsp3) is 0.438. The van der Waals surface area contributed by atoms with Gasteiger partial charge in [-0.05, 0) is 36.5 Å². The van der Waals surface area contributed by atoms with E-state index >= 15 is 0 Å². The van der Waals surface area contributed by atoms with E-state index < -0.39 is 0 Å². The molecule has 2 aromatic rings. The number of piperidine rings is 1. The van der Waals surface area contributed by atoms with Crippen LogP contribution in [0, 0.1) is 5.92 Å². The number of fused-ring (bicyclic) bond motifs is 4. The van der Waals surface area contributed by atoms with Crippen LogP contribution in [0.5, 0.6) is 0 Å². The number of rotatable bonds is 3. The van der Waals surface area contributed by atoms with Crippen LogP contribution < -0.4 is 5.43 Å². The summed E-state index contributed by atoms with van der Waals surface area (Å²) in [6.45, 7) is 3.13. The van der Waals surface area contributed by atoms with Gasteiger partial charge in [0.2, 0.25) is 0 Å². The lowest BCUT2D eigenvalue weighted by atomic mass is 9.80. The lowest BCUT2D eigenvalue weighted by molar-refractivity contribution is 0.112. The maximum atomic E-state index is 11.5. The van der Waals surface area contributed by atoms with Gasteiger partial charge in [-0.2, -0.15) is 0 Å². The topological polar surface area (TPSA) is 45.5 Å². The molecule has 0 aliphatic carbocycles. The van der Waals surface area contributed by atoms with Crippen LogP contribution in [-0.2, 0) is 0 Å². The van der Waals surface area contributed by atoms with Gasteiger partial charge in [-0.3, -0.25) is 10.2 Å². The first kappa shape index (κ1) is 13.2. The molecule has 1 unspecified atom stereocenters. The van der Waals surface area contributed by atoms with Gasteiger partial charge >= 0.3 is 0 Å². The summed E-state index contributed by atoms with van der Waals surface area (Å²) < 4.78 is 5.58. The monoisotopic (exact) mass is 302 g/mol. The number of nitrogens with zero attached hydrogens (tertiary/aromatic N) is 1. The van der Waals surface area contributed by atoms with Crippen LogP contribution in [0.4, 0.5) is 0 Å². The number of carbonyl (C=O) groups excluding carboxylic acids is 1. The minimum Gasteiger partial charge on any atom is -0.464 e. The molecule has 4 nitrogen and oxygen atoms in total. The lowest BCUT2D eigenvalue weighted by Crippen LogP contribution is -2.39. The molecule has 3 saturated heterocycles. The average Bonchev–Trinajstić information content (AvgIpc) is 3.10. The fourth-order valence-electron chi connectivity index (χ4n) is 3.64. The number of furan rings is 1. The molecule has 0 saturated carbocycles. The second-order valence-corrected chi connectivity index (χ2v) is 6.70. The molecule has 1 atom stereocenters. The summed E-state index contributed by atoms with van der Waals surface area (Å²) in [4.78, 5) is 12.6. The summed E-state index contributed by atoms with van der Waals surface area (Å²) in [5, 5.41) is 4.29. The van der Waals surface area contributed by atoms with Crippen molar-refractivity contribution in [1.82, 2.24) is 10.4 Å². The van der Waals surface area contributed by atoms with E-state index in [1.54, 1.807) is 17.6 Å². The number of hydrogen-bond acceptors (Lipinski definition) is 5. The van der Waals surface area contributed by atoms with Gasteiger partial charge in [0.25, 0.3) is 0 Å². The van der Waals surface area contributed by atoms with Crippen molar-refractivity contribution >= 4 is 17.6 Å². The highest BCUT2D eigenvalue weighted by molar-refractivity contribution is 7.14. The highest BCUT2D eigenvalue weighted by atomic mass is 32.1.